The van der Waals surface area contributed by atoms with Crippen LogP contribution in [-0.2, 0) is 17.6 Å². The van der Waals surface area contributed by atoms with Crippen molar-refractivity contribution in [2.75, 3.05) is 13.1 Å². The molecule has 1 fully saturated rings. The Morgan fingerprint density at radius 2 is 1.71 bits per heavy atom. The molecule has 1 amide bonds. The Kier molecular flexibility index (Phi) is 5.62. The number of carbonyl (C=O) groups excluding carboxylic acids is 1. The molecule has 2 aromatic carbocycles. The van der Waals surface area contributed by atoms with Crippen LogP contribution in [-0.4, -0.2) is 33.3 Å². The summed E-state index contributed by atoms with van der Waals surface area (Å²) in [6.45, 7) is 1.74. The van der Waals surface area contributed by atoms with E-state index in [0.717, 1.165) is 37.1 Å². The molecule has 5 nitrogen and oxygen atoms in total. The van der Waals surface area contributed by atoms with Crippen molar-refractivity contribution in [3.05, 3.63) is 71.3 Å². The van der Waals surface area contributed by atoms with Crippen molar-refractivity contribution in [2.45, 2.75) is 25.7 Å². The van der Waals surface area contributed by atoms with Gasteiger partial charge in [-0.05, 0) is 48.2 Å². The van der Waals surface area contributed by atoms with Gasteiger partial charge in [0.2, 0.25) is 5.91 Å². The lowest BCUT2D eigenvalue weighted by Crippen LogP contribution is -2.28. The van der Waals surface area contributed by atoms with Crippen LogP contribution in [0.3, 0.4) is 0 Å². The molecule has 3 aromatic rings. The molecule has 0 N–H and O–H groups in total. The lowest BCUT2D eigenvalue weighted by atomic mass is 10.1. The number of halogens is 1. The summed E-state index contributed by atoms with van der Waals surface area (Å²) in [5.41, 5.74) is 1.91. The molecule has 1 aliphatic heterocycles. The lowest BCUT2D eigenvalue weighted by Gasteiger charge is -2.15. The number of hydrogen-bond donors (Lipinski definition) is 0. The third kappa shape index (κ3) is 4.72. The van der Waals surface area contributed by atoms with Crippen molar-refractivity contribution >= 4 is 17.4 Å². The fourth-order valence-electron chi connectivity index (χ4n) is 3.17. The number of nitrogens with zero attached hydrogens (tertiary/aromatic N) is 3. The number of carbonyl (C=O) groups is 1. The van der Waals surface area contributed by atoms with Gasteiger partial charge in [0.1, 0.15) is 11.6 Å². The Labute approximate surface area is 167 Å². The molecule has 0 radical (unpaired) electrons. The summed E-state index contributed by atoms with van der Waals surface area (Å²) in [5.74, 6) is 1.21. The van der Waals surface area contributed by atoms with E-state index in [2.05, 4.69) is 9.36 Å². The van der Waals surface area contributed by atoms with E-state index in [1.807, 2.05) is 29.2 Å². The molecule has 144 valence electrons. The molecule has 1 saturated heterocycles. The minimum atomic E-state index is -0.260. The molecule has 0 aliphatic carbocycles. The predicted octanol–water partition coefficient (Wildman–Crippen LogP) is 4.23. The molecule has 2 heterocycles. The van der Waals surface area contributed by atoms with Crippen LogP contribution in [0.4, 0.5) is 4.39 Å². The number of benzene rings is 2. The molecule has 28 heavy (non-hydrogen) atoms. The van der Waals surface area contributed by atoms with Gasteiger partial charge in [0.25, 0.3) is 5.19 Å². The van der Waals surface area contributed by atoms with Crippen molar-refractivity contribution in [1.29, 1.82) is 0 Å². The van der Waals surface area contributed by atoms with Crippen molar-refractivity contribution < 1.29 is 13.9 Å². The number of rotatable bonds is 6. The van der Waals surface area contributed by atoms with Crippen LogP contribution in [0.25, 0.3) is 0 Å². The van der Waals surface area contributed by atoms with Gasteiger partial charge in [-0.1, -0.05) is 24.3 Å². The Morgan fingerprint density at radius 1 is 1.04 bits per heavy atom. The molecule has 0 saturated carbocycles. The summed E-state index contributed by atoms with van der Waals surface area (Å²) < 4.78 is 23.0. The van der Waals surface area contributed by atoms with E-state index in [4.69, 9.17) is 4.74 Å². The summed E-state index contributed by atoms with van der Waals surface area (Å²) in [6, 6.07) is 13.8. The second-order valence-electron chi connectivity index (χ2n) is 6.79. The predicted molar refractivity (Wildman–Crippen MR) is 105 cm³/mol. The van der Waals surface area contributed by atoms with Crippen molar-refractivity contribution in [1.82, 2.24) is 14.3 Å². The van der Waals surface area contributed by atoms with Gasteiger partial charge in [-0.15, -0.1) is 0 Å². The van der Waals surface area contributed by atoms with Crippen molar-refractivity contribution in [3.63, 3.8) is 0 Å². The summed E-state index contributed by atoms with van der Waals surface area (Å²) in [4.78, 5) is 18.5. The Bertz CT molecular complexity index is 935. The molecule has 1 aromatic heterocycles. The maximum Gasteiger partial charge on any atom is 0.298 e. The van der Waals surface area contributed by atoms with Crippen LogP contribution < -0.4 is 4.74 Å². The van der Waals surface area contributed by atoms with E-state index in [1.165, 1.54) is 23.7 Å². The van der Waals surface area contributed by atoms with E-state index < -0.39 is 0 Å². The first-order valence-electron chi connectivity index (χ1n) is 9.27. The summed E-state index contributed by atoms with van der Waals surface area (Å²) in [7, 11) is 0. The molecule has 0 spiro atoms. The zero-order valence-corrected chi connectivity index (χ0v) is 16.1. The fourth-order valence-corrected chi connectivity index (χ4v) is 3.73. The Hall–Kier alpha value is -2.80. The Morgan fingerprint density at radius 3 is 2.43 bits per heavy atom. The molecule has 1 aliphatic rings. The topological polar surface area (TPSA) is 55.3 Å². The van der Waals surface area contributed by atoms with Crippen LogP contribution in [0.5, 0.6) is 10.9 Å². The van der Waals surface area contributed by atoms with Gasteiger partial charge in [0, 0.05) is 31.0 Å². The summed E-state index contributed by atoms with van der Waals surface area (Å²) in [5, 5.41) is 0.456. The number of likely N-dealkylation sites (tertiary alicyclic amines) is 1. The smallest absolute Gasteiger partial charge is 0.298 e. The number of aromatic nitrogens is 2. The normalized spacial score (nSPS) is 13.7. The molecule has 7 heteroatoms. The highest BCUT2D eigenvalue weighted by Crippen LogP contribution is 2.24. The van der Waals surface area contributed by atoms with Gasteiger partial charge >= 0.3 is 0 Å². The number of hydrogen-bond acceptors (Lipinski definition) is 5. The highest BCUT2D eigenvalue weighted by atomic mass is 32.1. The van der Waals surface area contributed by atoms with Crippen LogP contribution in [0, 0.1) is 5.82 Å². The third-order valence-electron chi connectivity index (χ3n) is 4.67. The van der Waals surface area contributed by atoms with Gasteiger partial charge in [0.15, 0.2) is 5.82 Å². The van der Waals surface area contributed by atoms with Gasteiger partial charge in [-0.3, -0.25) is 4.79 Å². The van der Waals surface area contributed by atoms with Crippen LogP contribution in [0.15, 0.2) is 48.5 Å². The molecular formula is C21H20FN3O2S. The Balaban J connectivity index is 1.33. The maximum absolute atomic E-state index is 13.0. The van der Waals surface area contributed by atoms with E-state index in [1.54, 1.807) is 12.1 Å². The largest absolute Gasteiger partial charge is 0.430 e. The molecule has 4 rings (SSSR count). The SMILES string of the molecule is O=C(Cc1ccc(Oc2nc(Cc3ccc(F)cc3)ns2)cc1)N1CCCC1. The highest BCUT2D eigenvalue weighted by Gasteiger charge is 2.18. The maximum atomic E-state index is 13.0. The van der Waals surface area contributed by atoms with Crippen LogP contribution >= 0.6 is 11.5 Å². The minimum Gasteiger partial charge on any atom is -0.430 e. The minimum absolute atomic E-state index is 0.181. The lowest BCUT2D eigenvalue weighted by molar-refractivity contribution is -0.129. The number of ether oxygens (including phenoxy) is 1. The zero-order chi connectivity index (χ0) is 19.3. The van der Waals surface area contributed by atoms with Crippen molar-refractivity contribution in [3.8, 4) is 10.9 Å². The van der Waals surface area contributed by atoms with E-state index in [-0.39, 0.29) is 11.7 Å². The van der Waals surface area contributed by atoms with Gasteiger partial charge in [-0.2, -0.15) is 9.36 Å². The third-order valence-corrected chi connectivity index (χ3v) is 5.30. The number of amides is 1. The van der Waals surface area contributed by atoms with Crippen LogP contribution in [0.1, 0.15) is 29.8 Å². The molecule has 0 unspecified atom stereocenters. The van der Waals surface area contributed by atoms with E-state index >= 15 is 0 Å². The zero-order valence-electron chi connectivity index (χ0n) is 15.3. The summed E-state index contributed by atoms with van der Waals surface area (Å²) >= 11 is 1.18. The van der Waals surface area contributed by atoms with Gasteiger partial charge in [-0.25, -0.2) is 4.39 Å². The molecular weight excluding hydrogens is 377 g/mol. The first-order chi connectivity index (χ1) is 13.7. The average molecular weight is 397 g/mol. The van der Waals surface area contributed by atoms with E-state index in [9.17, 15) is 9.18 Å². The average Bonchev–Trinajstić information content (AvgIpc) is 3.38. The molecule has 0 atom stereocenters. The quantitative estimate of drug-likeness (QED) is 0.625. The fraction of sp³-hybridized carbons (Fsp3) is 0.286. The van der Waals surface area contributed by atoms with E-state index in [0.29, 0.717) is 29.6 Å². The second kappa shape index (κ2) is 8.48. The highest BCUT2D eigenvalue weighted by molar-refractivity contribution is 7.07. The van der Waals surface area contributed by atoms with Crippen LogP contribution in [0.2, 0.25) is 0 Å². The van der Waals surface area contributed by atoms with Crippen molar-refractivity contribution in [2.24, 2.45) is 0 Å². The first-order valence-corrected chi connectivity index (χ1v) is 10.0. The second-order valence-corrected chi connectivity index (χ2v) is 7.50. The monoisotopic (exact) mass is 397 g/mol. The summed E-state index contributed by atoms with van der Waals surface area (Å²) in [6.07, 6.45) is 3.14. The van der Waals surface area contributed by atoms with Gasteiger partial charge < -0.3 is 9.64 Å². The standard InChI is InChI=1S/C21H20FN3O2S/c22-17-7-3-15(4-8-17)13-19-23-21(28-24-19)27-18-9-5-16(6-10-18)14-20(26)25-11-1-2-12-25/h3-10H,1-2,11-14H2. The first kappa shape index (κ1) is 18.6. The molecule has 0 bridgehead atoms. The van der Waals surface area contributed by atoms with Gasteiger partial charge in [0.05, 0.1) is 6.42 Å².